The van der Waals surface area contributed by atoms with Crippen LogP contribution in [0.25, 0.3) is 11.4 Å². The smallest absolute Gasteiger partial charge is 0.211 e. The zero-order chi connectivity index (χ0) is 17.0. The second-order valence-electron chi connectivity index (χ2n) is 5.03. The number of hydrogen-bond donors (Lipinski definition) is 2. The summed E-state index contributed by atoms with van der Waals surface area (Å²) in [7, 11) is -3.53. The van der Waals surface area contributed by atoms with Crippen molar-refractivity contribution in [2.75, 3.05) is 6.54 Å². The Kier molecular flexibility index (Phi) is 4.89. The van der Waals surface area contributed by atoms with Gasteiger partial charge < -0.3 is 0 Å². The summed E-state index contributed by atoms with van der Waals surface area (Å²) < 4.78 is 26.9. The summed E-state index contributed by atoms with van der Waals surface area (Å²) in [5.74, 6) is 0.519. The van der Waals surface area contributed by atoms with E-state index in [1.165, 1.54) is 12.1 Å². The molecule has 0 saturated heterocycles. The molecule has 7 nitrogen and oxygen atoms in total. The van der Waals surface area contributed by atoms with Crippen LogP contribution in [0.5, 0.6) is 0 Å². The van der Waals surface area contributed by atoms with Crippen LogP contribution in [0.15, 0.2) is 53.4 Å². The fraction of sp³-hybridized carbons (Fsp3) is 0.133. The van der Waals surface area contributed by atoms with Gasteiger partial charge in [-0.2, -0.15) is 5.21 Å². The van der Waals surface area contributed by atoms with Gasteiger partial charge in [0.2, 0.25) is 15.8 Å². The van der Waals surface area contributed by atoms with Gasteiger partial charge in [-0.1, -0.05) is 35.9 Å². The van der Waals surface area contributed by atoms with Crippen molar-refractivity contribution in [3.8, 4) is 11.4 Å². The first-order valence-corrected chi connectivity index (χ1v) is 8.99. The Morgan fingerprint density at radius 1 is 1.04 bits per heavy atom. The van der Waals surface area contributed by atoms with E-state index in [1.54, 1.807) is 12.1 Å². The number of sulfonamides is 1. The van der Waals surface area contributed by atoms with Crippen LogP contribution in [0.4, 0.5) is 0 Å². The van der Waals surface area contributed by atoms with Gasteiger partial charge in [-0.25, -0.2) is 13.1 Å². The van der Waals surface area contributed by atoms with Gasteiger partial charge in [0.1, 0.15) is 0 Å². The van der Waals surface area contributed by atoms with E-state index in [0.717, 1.165) is 11.1 Å². The minimum Gasteiger partial charge on any atom is -0.211 e. The van der Waals surface area contributed by atoms with Crippen molar-refractivity contribution < 1.29 is 8.42 Å². The Morgan fingerprint density at radius 2 is 1.75 bits per heavy atom. The molecule has 2 N–H and O–H groups in total. The maximum absolute atomic E-state index is 12.2. The van der Waals surface area contributed by atoms with E-state index in [0.29, 0.717) is 23.8 Å². The molecule has 0 fully saturated rings. The van der Waals surface area contributed by atoms with Crippen molar-refractivity contribution in [1.82, 2.24) is 25.3 Å². The number of aromatic amines is 1. The lowest BCUT2D eigenvalue weighted by Crippen LogP contribution is -2.25. The van der Waals surface area contributed by atoms with Gasteiger partial charge in [-0.3, -0.25) is 0 Å². The average Bonchev–Trinajstić information content (AvgIpc) is 3.10. The number of halogens is 1. The third kappa shape index (κ3) is 3.97. The first-order valence-electron chi connectivity index (χ1n) is 7.12. The highest BCUT2D eigenvalue weighted by Gasteiger charge is 2.13. The Hall–Kier alpha value is -2.29. The SMILES string of the molecule is O=S(=O)(NCCc1ccc(-c2nn[nH]n2)cc1)c1ccc(Cl)cc1. The van der Waals surface area contributed by atoms with Gasteiger partial charge >= 0.3 is 0 Å². The van der Waals surface area contributed by atoms with Crippen LogP contribution in [-0.2, 0) is 16.4 Å². The topological polar surface area (TPSA) is 101 Å². The van der Waals surface area contributed by atoms with Crippen LogP contribution in [0, 0.1) is 0 Å². The van der Waals surface area contributed by atoms with Crippen molar-refractivity contribution >= 4 is 21.6 Å². The minimum atomic E-state index is -3.53. The van der Waals surface area contributed by atoms with Crippen LogP contribution < -0.4 is 4.72 Å². The van der Waals surface area contributed by atoms with Crippen molar-refractivity contribution in [3.63, 3.8) is 0 Å². The monoisotopic (exact) mass is 363 g/mol. The van der Waals surface area contributed by atoms with Crippen molar-refractivity contribution in [3.05, 3.63) is 59.1 Å². The lowest BCUT2D eigenvalue weighted by Gasteiger charge is -2.07. The standard InChI is InChI=1S/C15H14ClN5O2S/c16-13-5-7-14(8-6-13)24(22,23)17-10-9-11-1-3-12(4-2-11)15-18-20-21-19-15/h1-8,17H,9-10H2,(H,18,19,20,21). The van der Waals surface area contributed by atoms with E-state index >= 15 is 0 Å². The van der Waals surface area contributed by atoms with Gasteiger partial charge in [0.15, 0.2) is 0 Å². The number of hydrogen-bond acceptors (Lipinski definition) is 5. The second kappa shape index (κ2) is 7.08. The lowest BCUT2D eigenvalue weighted by molar-refractivity contribution is 0.581. The molecular formula is C15H14ClN5O2S. The lowest BCUT2D eigenvalue weighted by atomic mass is 10.1. The molecule has 0 unspecified atom stereocenters. The number of rotatable bonds is 6. The minimum absolute atomic E-state index is 0.194. The third-order valence-electron chi connectivity index (χ3n) is 3.39. The molecule has 0 bridgehead atoms. The molecule has 2 aromatic carbocycles. The molecule has 24 heavy (non-hydrogen) atoms. The van der Waals surface area contributed by atoms with E-state index < -0.39 is 10.0 Å². The predicted molar refractivity (Wildman–Crippen MR) is 90.0 cm³/mol. The Morgan fingerprint density at radius 3 is 2.38 bits per heavy atom. The van der Waals surface area contributed by atoms with Gasteiger partial charge in [-0.15, -0.1) is 10.2 Å². The summed E-state index contributed by atoms with van der Waals surface area (Å²) in [4.78, 5) is 0.194. The zero-order valence-corrected chi connectivity index (χ0v) is 14.0. The van der Waals surface area contributed by atoms with Crippen LogP contribution >= 0.6 is 11.6 Å². The van der Waals surface area contributed by atoms with E-state index in [9.17, 15) is 8.42 Å². The molecule has 1 heterocycles. The Labute approximate surface area is 144 Å². The average molecular weight is 364 g/mol. The molecule has 0 spiro atoms. The van der Waals surface area contributed by atoms with E-state index in [4.69, 9.17) is 11.6 Å². The fourth-order valence-electron chi connectivity index (χ4n) is 2.13. The molecule has 9 heteroatoms. The molecule has 0 aliphatic rings. The summed E-state index contributed by atoms with van der Waals surface area (Å²) >= 11 is 5.77. The highest BCUT2D eigenvalue weighted by atomic mass is 35.5. The van der Waals surface area contributed by atoms with Crippen LogP contribution in [0.1, 0.15) is 5.56 Å². The molecule has 0 atom stereocenters. The maximum Gasteiger partial charge on any atom is 0.240 e. The number of aromatic nitrogens is 4. The van der Waals surface area contributed by atoms with Crippen LogP contribution in [-0.4, -0.2) is 35.6 Å². The van der Waals surface area contributed by atoms with Gasteiger partial charge in [-0.05, 0) is 41.5 Å². The Balaban J connectivity index is 1.59. The first-order chi connectivity index (χ1) is 11.5. The molecule has 3 rings (SSSR count). The molecule has 0 radical (unpaired) electrons. The van der Waals surface area contributed by atoms with Gasteiger partial charge in [0, 0.05) is 17.1 Å². The number of benzene rings is 2. The number of nitrogens with one attached hydrogen (secondary N) is 2. The summed E-state index contributed by atoms with van der Waals surface area (Å²) in [5, 5.41) is 14.2. The van der Waals surface area contributed by atoms with Crippen LogP contribution in [0.3, 0.4) is 0 Å². The maximum atomic E-state index is 12.2. The molecule has 0 aliphatic heterocycles. The largest absolute Gasteiger partial charge is 0.240 e. The van der Waals surface area contributed by atoms with E-state index in [2.05, 4.69) is 25.3 Å². The van der Waals surface area contributed by atoms with Gasteiger partial charge in [0.05, 0.1) is 4.90 Å². The van der Waals surface area contributed by atoms with Crippen molar-refractivity contribution in [2.45, 2.75) is 11.3 Å². The van der Waals surface area contributed by atoms with E-state index in [-0.39, 0.29) is 4.90 Å². The molecular weight excluding hydrogens is 350 g/mol. The molecule has 0 amide bonds. The second-order valence-corrected chi connectivity index (χ2v) is 7.24. The normalized spacial score (nSPS) is 11.5. The summed E-state index contributed by atoms with van der Waals surface area (Å²) in [5.41, 5.74) is 1.84. The number of nitrogens with zero attached hydrogens (tertiary/aromatic N) is 3. The van der Waals surface area contributed by atoms with Crippen LogP contribution in [0.2, 0.25) is 5.02 Å². The van der Waals surface area contributed by atoms with Crippen molar-refractivity contribution in [2.24, 2.45) is 0 Å². The highest BCUT2D eigenvalue weighted by molar-refractivity contribution is 7.89. The van der Waals surface area contributed by atoms with Gasteiger partial charge in [0.25, 0.3) is 0 Å². The highest BCUT2D eigenvalue weighted by Crippen LogP contribution is 2.15. The summed E-state index contributed by atoms with van der Waals surface area (Å²) in [6, 6.07) is 13.6. The fourth-order valence-corrected chi connectivity index (χ4v) is 3.29. The van der Waals surface area contributed by atoms with Crippen molar-refractivity contribution in [1.29, 1.82) is 0 Å². The molecule has 0 aliphatic carbocycles. The number of H-pyrrole nitrogens is 1. The van der Waals surface area contributed by atoms with E-state index in [1.807, 2.05) is 24.3 Å². The zero-order valence-electron chi connectivity index (χ0n) is 12.5. The molecule has 1 aromatic heterocycles. The number of tetrazole rings is 1. The molecule has 3 aromatic rings. The molecule has 124 valence electrons. The Bertz CT molecular complexity index is 894. The quantitative estimate of drug-likeness (QED) is 0.698. The summed E-state index contributed by atoms with van der Waals surface area (Å²) in [6.07, 6.45) is 0.569. The summed E-state index contributed by atoms with van der Waals surface area (Å²) in [6.45, 7) is 0.298. The third-order valence-corrected chi connectivity index (χ3v) is 5.12. The molecule has 0 saturated carbocycles. The first kappa shape index (κ1) is 16.6. The predicted octanol–water partition coefficient (Wildman–Crippen LogP) is 2.04.